The fraction of sp³-hybridized carbons (Fsp3) is 0.800. The Kier molecular flexibility index (Phi) is 6.84. The zero-order chi connectivity index (χ0) is 9.40. The predicted octanol–water partition coefficient (Wildman–Crippen LogP) is 1.10. The van der Waals surface area contributed by atoms with Crippen LogP contribution >= 0.6 is 0 Å². The van der Waals surface area contributed by atoms with E-state index in [1.165, 1.54) is 0 Å². The van der Waals surface area contributed by atoms with Crippen LogP contribution in [0, 0.1) is 12.3 Å². The normalized spacial score (nSPS) is 12.9. The molecule has 1 unspecified atom stereocenters. The molecular formula is C10H19NO. The molecule has 0 aliphatic heterocycles. The zero-order valence-electron chi connectivity index (χ0n) is 8.08. The van der Waals surface area contributed by atoms with Gasteiger partial charge in [0, 0.05) is 6.42 Å². The molecule has 0 spiro atoms. The van der Waals surface area contributed by atoms with Crippen LogP contribution in [0.15, 0.2) is 0 Å². The van der Waals surface area contributed by atoms with Gasteiger partial charge in [-0.3, -0.25) is 0 Å². The summed E-state index contributed by atoms with van der Waals surface area (Å²) in [7, 11) is 4.02. The van der Waals surface area contributed by atoms with Crippen molar-refractivity contribution in [3.05, 3.63) is 0 Å². The number of hydrogen-bond acceptors (Lipinski definition) is 2. The Bertz CT molecular complexity index is 137. The molecule has 0 fully saturated rings. The molecule has 1 atom stereocenters. The number of terminal acetylenes is 1. The summed E-state index contributed by atoms with van der Waals surface area (Å²) in [5.41, 5.74) is 0. The van der Waals surface area contributed by atoms with E-state index in [1.807, 2.05) is 14.1 Å². The van der Waals surface area contributed by atoms with Crippen LogP contribution in [0.25, 0.3) is 0 Å². The quantitative estimate of drug-likeness (QED) is 0.475. The van der Waals surface area contributed by atoms with Gasteiger partial charge in [-0.05, 0) is 39.9 Å². The number of unbranched alkanes of at least 4 members (excludes halogenated alkanes) is 1. The molecule has 0 aliphatic carbocycles. The summed E-state index contributed by atoms with van der Waals surface area (Å²) in [5.74, 6) is 2.57. The molecule has 0 heterocycles. The minimum Gasteiger partial charge on any atom is -0.393 e. The van der Waals surface area contributed by atoms with Gasteiger partial charge in [0.25, 0.3) is 0 Å². The van der Waals surface area contributed by atoms with Gasteiger partial charge in [0.15, 0.2) is 0 Å². The number of nitrogens with zero attached hydrogens (tertiary/aromatic N) is 1. The molecule has 0 aromatic heterocycles. The highest BCUT2D eigenvalue weighted by atomic mass is 16.3. The molecule has 0 aliphatic rings. The summed E-state index contributed by atoms with van der Waals surface area (Å²) < 4.78 is 0. The minimum atomic E-state index is -0.180. The molecule has 12 heavy (non-hydrogen) atoms. The Labute approximate surface area is 75.6 Å². The lowest BCUT2D eigenvalue weighted by Gasteiger charge is -2.13. The Morgan fingerprint density at radius 3 is 2.58 bits per heavy atom. The molecule has 0 radical (unpaired) electrons. The number of aliphatic hydroxyl groups is 1. The van der Waals surface area contributed by atoms with Crippen LogP contribution in [0.1, 0.15) is 25.7 Å². The van der Waals surface area contributed by atoms with Crippen LogP contribution < -0.4 is 0 Å². The van der Waals surface area contributed by atoms with Crippen molar-refractivity contribution in [2.75, 3.05) is 20.6 Å². The summed E-state index contributed by atoms with van der Waals surface area (Å²) >= 11 is 0. The average molecular weight is 169 g/mol. The highest BCUT2D eigenvalue weighted by molar-refractivity contribution is 4.83. The number of aliphatic hydroxyl groups excluding tert-OH is 1. The van der Waals surface area contributed by atoms with Crippen molar-refractivity contribution >= 4 is 0 Å². The van der Waals surface area contributed by atoms with Crippen molar-refractivity contribution in [3.63, 3.8) is 0 Å². The lowest BCUT2D eigenvalue weighted by Crippen LogP contribution is -2.19. The van der Waals surface area contributed by atoms with E-state index in [-0.39, 0.29) is 6.10 Å². The third-order valence-corrected chi connectivity index (χ3v) is 1.77. The predicted molar refractivity (Wildman–Crippen MR) is 51.9 cm³/mol. The maximum Gasteiger partial charge on any atom is 0.0552 e. The largest absolute Gasteiger partial charge is 0.393 e. The lowest BCUT2D eigenvalue weighted by molar-refractivity contribution is 0.141. The van der Waals surface area contributed by atoms with Crippen molar-refractivity contribution in [3.8, 4) is 12.3 Å². The third-order valence-electron chi connectivity index (χ3n) is 1.77. The SMILES string of the molecule is C#CCCCC(O)CCN(C)C. The van der Waals surface area contributed by atoms with Gasteiger partial charge in [0.05, 0.1) is 6.10 Å². The van der Waals surface area contributed by atoms with Gasteiger partial charge in [0.1, 0.15) is 0 Å². The van der Waals surface area contributed by atoms with Crippen LogP contribution in [0.2, 0.25) is 0 Å². The van der Waals surface area contributed by atoms with Crippen LogP contribution in [0.3, 0.4) is 0 Å². The summed E-state index contributed by atoms with van der Waals surface area (Å²) in [5, 5.41) is 9.43. The summed E-state index contributed by atoms with van der Waals surface area (Å²) in [6.45, 7) is 0.942. The highest BCUT2D eigenvalue weighted by Crippen LogP contribution is 2.03. The van der Waals surface area contributed by atoms with Crippen molar-refractivity contribution in [1.29, 1.82) is 0 Å². The first kappa shape index (κ1) is 11.5. The van der Waals surface area contributed by atoms with Crippen LogP contribution in [0.5, 0.6) is 0 Å². The molecule has 0 aromatic carbocycles. The van der Waals surface area contributed by atoms with Crippen molar-refractivity contribution in [2.45, 2.75) is 31.8 Å². The zero-order valence-corrected chi connectivity index (χ0v) is 8.08. The average Bonchev–Trinajstić information content (AvgIpc) is 2.01. The van der Waals surface area contributed by atoms with E-state index >= 15 is 0 Å². The summed E-state index contributed by atoms with van der Waals surface area (Å²) in [4.78, 5) is 2.07. The second-order valence-corrected chi connectivity index (χ2v) is 3.34. The van der Waals surface area contributed by atoms with E-state index in [0.717, 1.165) is 32.2 Å². The molecule has 70 valence electrons. The van der Waals surface area contributed by atoms with Crippen molar-refractivity contribution < 1.29 is 5.11 Å². The first-order chi connectivity index (χ1) is 5.66. The molecule has 2 nitrogen and oxygen atoms in total. The Balaban J connectivity index is 3.22. The second kappa shape index (κ2) is 7.15. The van der Waals surface area contributed by atoms with Crippen LogP contribution in [0.4, 0.5) is 0 Å². The van der Waals surface area contributed by atoms with Gasteiger partial charge < -0.3 is 10.0 Å². The first-order valence-electron chi connectivity index (χ1n) is 4.43. The third kappa shape index (κ3) is 7.59. The molecule has 0 bridgehead atoms. The molecule has 0 rings (SSSR count). The van der Waals surface area contributed by atoms with E-state index in [2.05, 4.69) is 10.8 Å². The topological polar surface area (TPSA) is 23.5 Å². The first-order valence-corrected chi connectivity index (χ1v) is 4.43. The number of rotatable bonds is 6. The maximum atomic E-state index is 9.43. The lowest BCUT2D eigenvalue weighted by atomic mass is 10.1. The van der Waals surface area contributed by atoms with E-state index in [1.54, 1.807) is 0 Å². The van der Waals surface area contributed by atoms with E-state index < -0.39 is 0 Å². The summed E-state index contributed by atoms with van der Waals surface area (Å²) in [6, 6.07) is 0. The molecule has 2 heteroatoms. The monoisotopic (exact) mass is 169 g/mol. The van der Waals surface area contributed by atoms with Gasteiger partial charge in [-0.15, -0.1) is 12.3 Å². The molecule has 0 saturated carbocycles. The Morgan fingerprint density at radius 2 is 2.08 bits per heavy atom. The van der Waals surface area contributed by atoms with Crippen LogP contribution in [-0.4, -0.2) is 36.8 Å². The van der Waals surface area contributed by atoms with Crippen LogP contribution in [-0.2, 0) is 0 Å². The molecule has 1 N–H and O–H groups in total. The van der Waals surface area contributed by atoms with Crippen molar-refractivity contribution in [2.24, 2.45) is 0 Å². The van der Waals surface area contributed by atoms with E-state index in [9.17, 15) is 5.11 Å². The second-order valence-electron chi connectivity index (χ2n) is 3.34. The summed E-state index contributed by atoms with van der Waals surface area (Å²) in [6.07, 6.45) is 8.31. The van der Waals surface area contributed by atoms with Gasteiger partial charge in [-0.1, -0.05) is 0 Å². The standard InChI is InChI=1S/C10H19NO/c1-4-5-6-7-10(12)8-9-11(2)3/h1,10,12H,5-9H2,2-3H3. The molecular weight excluding hydrogens is 150 g/mol. The fourth-order valence-corrected chi connectivity index (χ4v) is 0.991. The maximum absolute atomic E-state index is 9.43. The minimum absolute atomic E-state index is 0.180. The van der Waals surface area contributed by atoms with E-state index in [0.29, 0.717) is 0 Å². The van der Waals surface area contributed by atoms with Gasteiger partial charge >= 0.3 is 0 Å². The van der Waals surface area contributed by atoms with E-state index in [4.69, 9.17) is 6.42 Å². The highest BCUT2D eigenvalue weighted by Gasteiger charge is 2.03. The molecule has 0 saturated heterocycles. The molecule has 0 aromatic rings. The van der Waals surface area contributed by atoms with Gasteiger partial charge in [0.2, 0.25) is 0 Å². The number of hydrogen-bond donors (Lipinski definition) is 1. The van der Waals surface area contributed by atoms with Gasteiger partial charge in [-0.2, -0.15) is 0 Å². The Hall–Kier alpha value is -0.520. The fourth-order valence-electron chi connectivity index (χ4n) is 0.991. The van der Waals surface area contributed by atoms with Crippen molar-refractivity contribution in [1.82, 2.24) is 4.90 Å². The smallest absolute Gasteiger partial charge is 0.0552 e. The Morgan fingerprint density at radius 1 is 1.42 bits per heavy atom. The molecule has 0 amide bonds. The van der Waals surface area contributed by atoms with Gasteiger partial charge in [-0.25, -0.2) is 0 Å².